The SMILES string of the molecule is CCOc1ccc(Cl)cc1C(=O)Nc1ccc(C(=O)O)cc1C. The molecule has 2 N–H and O–H groups in total. The molecule has 0 bridgehead atoms. The van der Waals surface area contributed by atoms with E-state index in [0.29, 0.717) is 34.2 Å². The fourth-order valence-corrected chi connectivity index (χ4v) is 2.26. The Hall–Kier alpha value is -2.53. The van der Waals surface area contributed by atoms with Crippen LogP contribution in [0.3, 0.4) is 0 Å². The van der Waals surface area contributed by atoms with Crippen LogP contribution in [-0.2, 0) is 0 Å². The Kier molecular flexibility index (Phi) is 5.24. The summed E-state index contributed by atoms with van der Waals surface area (Å²) in [7, 11) is 0. The van der Waals surface area contributed by atoms with Gasteiger partial charge in [0.15, 0.2) is 0 Å². The molecule has 0 aliphatic rings. The Morgan fingerprint density at radius 1 is 1.22 bits per heavy atom. The minimum absolute atomic E-state index is 0.165. The summed E-state index contributed by atoms with van der Waals surface area (Å²) in [5.41, 5.74) is 1.67. The Bertz CT molecular complexity index is 758. The third-order valence-corrected chi connectivity index (χ3v) is 3.44. The van der Waals surface area contributed by atoms with Crippen LogP contribution in [0.1, 0.15) is 33.2 Å². The second-order valence-electron chi connectivity index (χ2n) is 4.86. The van der Waals surface area contributed by atoms with Crippen LogP contribution in [0.4, 0.5) is 5.69 Å². The lowest BCUT2D eigenvalue weighted by molar-refractivity contribution is 0.0696. The molecule has 0 radical (unpaired) electrons. The number of aryl methyl sites for hydroxylation is 1. The van der Waals surface area contributed by atoms with Gasteiger partial charge >= 0.3 is 5.97 Å². The van der Waals surface area contributed by atoms with E-state index in [2.05, 4.69) is 5.32 Å². The molecule has 0 aliphatic heterocycles. The standard InChI is InChI=1S/C17H16ClNO4/c1-3-23-15-7-5-12(18)9-13(15)16(20)19-14-6-4-11(17(21)22)8-10(14)2/h4-9H,3H2,1-2H3,(H,19,20)(H,21,22). The van der Waals surface area contributed by atoms with Crippen LogP contribution in [0.5, 0.6) is 5.75 Å². The predicted octanol–water partition coefficient (Wildman–Crippen LogP) is 4.00. The number of carboxylic acids is 1. The van der Waals surface area contributed by atoms with Crippen molar-refractivity contribution >= 4 is 29.2 Å². The molecular weight excluding hydrogens is 318 g/mol. The lowest BCUT2D eigenvalue weighted by Crippen LogP contribution is -2.15. The van der Waals surface area contributed by atoms with Crippen LogP contribution in [0.25, 0.3) is 0 Å². The molecule has 1 amide bonds. The lowest BCUT2D eigenvalue weighted by Gasteiger charge is -2.12. The van der Waals surface area contributed by atoms with Crippen molar-refractivity contribution in [1.29, 1.82) is 0 Å². The Labute approximate surface area is 138 Å². The van der Waals surface area contributed by atoms with Crippen molar-refractivity contribution in [2.45, 2.75) is 13.8 Å². The first-order valence-corrected chi connectivity index (χ1v) is 7.37. The van der Waals surface area contributed by atoms with E-state index in [1.54, 1.807) is 25.1 Å². The summed E-state index contributed by atoms with van der Waals surface area (Å²) in [5.74, 6) is -0.948. The topological polar surface area (TPSA) is 75.6 Å². The maximum Gasteiger partial charge on any atom is 0.335 e. The molecule has 2 rings (SSSR count). The summed E-state index contributed by atoms with van der Waals surface area (Å²) in [6.45, 7) is 3.97. The highest BCUT2D eigenvalue weighted by molar-refractivity contribution is 6.31. The molecule has 2 aromatic rings. The van der Waals surface area contributed by atoms with Gasteiger partial charge in [0.1, 0.15) is 5.75 Å². The second kappa shape index (κ2) is 7.15. The number of nitrogens with one attached hydrogen (secondary N) is 1. The zero-order valence-corrected chi connectivity index (χ0v) is 13.5. The zero-order chi connectivity index (χ0) is 17.0. The molecule has 0 spiro atoms. The molecule has 23 heavy (non-hydrogen) atoms. The zero-order valence-electron chi connectivity index (χ0n) is 12.7. The van der Waals surface area contributed by atoms with E-state index in [1.807, 2.05) is 6.92 Å². The number of ether oxygens (including phenoxy) is 1. The van der Waals surface area contributed by atoms with Gasteiger partial charge in [-0.1, -0.05) is 11.6 Å². The Morgan fingerprint density at radius 2 is 1.96 bits per heavy atom. The predicted molar refractivity (Wildman–Crippen MR) is 88.7 cm³/mol. The summed E-state index contributed by atoms with van der Waals surface area (Å²) in [6.07, 6.45) is 0. The van der Waals surface area contributed by atoms with Crippen LogP contribution in [-0.4, -0.2) is 23.6 Å². The summed E-state index contributed by atoms with van der Waals surface area (Å²) >= 11 is 5.95. The highest BCUT2D eigenvalue weighted by Gasteiger charge is 2.15. The molecular formula is C17H16ClNO4. The van der Waals surface area contributed by atoms with Gasteiger partial charge in [-0.3, -0.25) is 4.79 Å². The number of halogens is 1. The fourth-order valence-electron chi connectivity index (χ4n) is 2.09. The van der Waals surface area contributed by atoms with E-state index in [4.69, 9.17) is 21.4 Å². The number of carbonyl (C=O) groups is 2. The van der Waals surface area contributed by atoms with Crippen molar-refractivity contribution in [2.75, 3.05) is 11.9 Å². The highest BCUT2D eigenvalue weighted by atomic mass is 35.5. The van der Waals surface area contributed by atoms with Crippen molar-refractivity contribution in [3.63, 3.8) is 0 Å². The minimum Gasteiger partial charge on any atom is -0.493 e. The van der Waals surface area contributed by atoms with Crippen molar-refractivity contribution in [1.82, 2.24) is 0 Å². The van der Waals surface area contributed by atoms with E-state index in [9.17, 15) is 9.59 Å². The van der Waals surface area contributed by atoms with Crippen LogP contribution < -0.4 is 10.1 Å². The Balaban J connectivity index is 2.29. The average molecular weight is 334 g/mol. The maximum absolute atomic E-state index is 12.5. The molecule has 0 atom stereocenters. The van der Waals surface area contributed by atoms with Gasteiger partial charge < -0.3 is 15.2 Å². The van der Waals surface area contributed by atoms with Gasteiger partial charge in [-0.05, 0) is 55.8 Å². The number of rotatable bonds is 5. The summed E-state index contributed by atoms with van der Waals surface area (Å²) in [5, 5.41) is 12.1. The molecule has 5 nitrogen and oxygen atoms in total. The number of anilines is 1. The quantitative estimate of drug-likeness (QED) is 0.867. The second-order valence-corrected chi connectivity index (χ2v) is 5.30. The summed E-state index contributed by atoms with van der Waals surface area (Å²) < 4.78 is 5.43. The molecule has 120 valence electrons. The van der Waals surface area contributed by atoms with Gasteiger partial charge in [-0.2, -0.15) is 0 Å². The summed E-state index contributed by atoms with van der Waals surface area (Å²) in [4.78, 5) is 23.4. The molecule has 0 aromatic heterocycles. The van der Waals surface area contributed by atoms with E-state index in [0.717, 1.165) is 0 Å². The third-order valence-electron chi connectivity index (χ3n) is 3.21. The highest BCUT2D eigenvalue weighted by Crippen LogP contribution is 2.25. The van der Waals surface area contributed by atoms with Crippen molar-refractivity contribution in [3.05, 3.63) is 58.1 Å². The lowest BCUT2D eigenvalue weighted by atomic mass is 10.1. The number of hydrogen-bond acceptors (Lipinski definition) is 3. The minimum atomic E-state index is -1.01. The molecule has 0 saturated carbocycles. The van der Waals surface area contributed by atoms with Crippen LogP contribution >= 0.6 is 11.6 Å². The number of benzene rings is 2. The normalized spacial score (nSPS) is 10.2. The number of carboxylic acid groups (broad SMARTS) is 1. The largest absolute Gasteiger partial charge is 0.493 e. The average Bonchev–Trinajstić information content (AvgIpc) is 2.51. The van der Waals surface area contributed by atoms with Crippen molar-refractivity contribution < 1.29 is 19.4 Å². The van der Waals surface area contributed by atoms with E-state index in [-0.39, 0.29) is 11.5 Å². The first-order chi connectivity index (χ1) is 10.9. The maximum atomic E-state index is 12.5. The van der Waals surface area contributed by atoms with Gasteiger partial charge in [0.25, 0.3) is 5.91 Å². The molecule has 6 heteroatoms. The van der Waals surface area contributed by atoms with Crippen molar-refractivity contribution in [2.24, 2.45) is 0 Å². The van der Waals surface area contributed by atoms with Crippen LogP contribution in [0.15, 0.2) is 36.4 Å². The monoisotopic (exact) mass is 333 g/mol. The van der Waals surface area contributed by atoms with Gasteiger partial charge in [-0.15, -0.1) is 0 Å². The number of aromatic carboxylic acids is 1. The van der Waals surface area contributed by atoms with E-state index in [1.165, 1.54) is 18.2 Å². The van der Waals surface area contributed by atoms with Crippen molar-refractivity contribution in [3.8, 4) is 5.75 Å². The molecule has 0 unspecified atom stereocenters. The fraction of sp³-hybridized carbons (Fsp3) is 0.176. The summed E-state index contributed by atoms with van der Waals surface area (Å²) in [6, 6.07) is 9.31. The third kappa shape index (κ3) is 4.02. The number of carbonyl (C=O) groups excluding carboxylic acids is 1. The number of amides is 1. The Morgan fingerprint density at radius 3 is 2.57 bits per heavy atom. The van der Waals surface area contributed by atoms with Gasteiger partial charge in [0.05, 0.1) is 17.7 Å². The molecule has 0 aliphatic carbocycles. The first kappa shape index (κ1) is 16.8. The van der Waals surface area contributed by atoms with Gasteiger partial charge in [0, 0.05) is 10.7 Å². The van der Waals surface area contributed by atoms with Crippen LogP contribution in [0, 0.1) is 6.92 Å². The molecule has 0 fully saturated rings. The van der Waals surface area contributed by atoms with E-state index >= 15 is 0 Å². The van der Waals surface area contributed by atoms with Gasteiger partial charge in [0.2, 0.25) is 0 Å². The first-order valence-electron chi connectivity index (χ1n) is 7.00. The van der Waals surface area contributed by atoms with Crippen LogP contribution in [0.2, 0.25) is 5.02 Å². The smallest absolute Gasteiger partial charge is 0.335 e. The number of hydrogen-bond donors (Lipinski definition) is 2. The molecule has 0 saturated heterocycles. The molecule has 2 aromatic carbocycles. The molecule has 0 heterocycles. The van der Waals surface area contributed by atoms with Gasteiger partial charge in [-0.25, -0.2) is 4.79 Å². The van der Waals surface area contributed by atoms with E-state index < -0.39 is 5.97 Å².